The van der Waals surface area contributed by atoms with E-state index in [0.29, 0.717) is 13.2 Å². The van der Waals surface area contributed by atoms with Crippen LogP contribution in [-0.2, 0) is 9.47 Å². The first-order chi connectivity index (χ1) is 30.0. The van der Waals surface area contributed by atoms with E-state index in [9.17, 15) is 14.4 Å². The van der Waals surface area contributed by atoms with Gasteiger partial charge in [-0.1, -0.05) is 49.7 Å². The Balaban J connectivity index is 0.000000205. The Kier molecular flexibility index (Phi) is 20.0. The molecule has 0 saturated carbocycles. The molecule has 0 radical (unpaired) electrons. The summed E-state index contributed by atoms with van der Waals surface area (Å²) in [7, 11) is 0. The minimum absolute atomic E-state index is 0.127. The maximum absolute atomic E-state index is 11.8. The van der Waals surface area contributed by atoms with Gasteiger partial charge in [-0.2, -0.15) is 0 Å². The van der Waals surface area contributed by atoms with Crippen LogP contribution in [0.25, 0.3) is 18.2 Å². The number of allylic oxidation sites excluding steroid dienone is 3. The average Bonchev–Trinajstić information content (AvgIpc) is 4.11. The largest absolute Gasteiger partial charge is 0.488 e. The van der Waals surface area contributed by atoms with Gasteiger partial charge < -0.3 is 23.7 Å². The van der Waals surface area contributed by atoms with Crippen molar-refractivity contribution in [1.29, 1.82) is 0 Å². The number of carbonyl (C=O) groups excluding carboxylic acids is 3. The highest BCUT2D eigenvalue weighted by molar-refractivity contribution is 5.94. The first kappa shape index (κ1) is 47.5. The fraction of sp³-hybridized carbons (Fsp3) is 0.250. The SMILES string of the molecule is CC(C)(C)Oc1ccc(/C=C/C(=O)n2ccnc2)cc1.CCCCOCOc1ccc(/C=C/C(=O)n2ccnc2)cc1.CCOCOc1ccc(/C=C/C(=O)n2ccnc2)cc1. The number of carbonyl (C=O) groups is 3. The molecule has 324 valence electrons. The molecule has 0 spiro atoms. The zero-order valence-corrected chi connectivity index (χ0v) is 35.8. The van der Waals surface area contributed by atoms with Gasteiger partial charge >= 0.3 is 0 Å². The summed E-state index contributed by atoms with van der Waals surface area (Å²) in [6.07, 6.45) is 25.9. The van der Waals surface area contributed by atoms with Crippen molar-refractivity contribution < 1.29 is 38.1 Å². The monoisotopic (exact) mass is 842 g/mol. The molecule has 0 amide bonds. The predicted molar refractivity (Wildman–Crippen MR) is 239 cm³/mol. The zero-order chi connectivity index (χ0) is 44.4. The van der Waals surface area contributed by atoms with Gasteiger partial charge in [0.25, 0.3) is 17.7 Å². The number of hydrogen-bond donors (Lipinski definition) is 0. The summed E-state index contributed by atoms with van der Waals surface area (Å²) in [6.45, 7) is 11.9. The highest BCUT2D eigenvalue weighted by Crippen LogP contribution is 2.19. The second-order valence-electron chi connectivity index (χ2n) is 14.1. The van der Waals surface area contributed by atoms with Crippen molar-refractivity contribution >= 4 is 35.9 Å². The molecule has 0 unspecified atom stereocenters. The van der Waals surface area contributed by atoms with Gasteiger partial charge in [0, 0.05) is 62.0 Å². The average molecular weight is 843 g/mol. The van der Waals surface area contributed by atoms with E-state index >= 15 is 0 Å². The molecule has 6 rings (SSSR count). The standard InChI is InChI=1S/C17H20N2O3.C16H18N2O2.C15H16N2O3/c1-2-3-12-21-14-22-16-7-4-15(5-8-16)6-9-17(20)19-11-10-18-13-19;1-16(2,3)20-14-7-4-13(5-8-14)6-9-15(19)18-11-10-17-12-18;1-2-19-12-20-14-6-3-13(4-7-14)5-8-15(18)17-10-9-16-11-17/h4-11,13H,2-3,12,14H2,1H3;4-12H,1-3H3;3-11H,2,12H2,1H3/b2*9-6+;8-5+. The lowest BCUT2D eigenvalue weighted by Crippen LogP contribution is -2.22. The number of rotatable bonds is 17. The highest BCUT2D eigenvalue weighted by Gasteiger charge is 2.11. The lowest BCUT2D eigenvalue weighted by molar-refractivity contribution is 0.0140. The Bertz CT molecular complexity index is 2260. The molecule has 6 aromatic rings. The van der Waals surface area contributed by atoms with Crippen LogP contribution in [-0.4, -0.2) is 78.8 Å². The Morgan fingerprint density at radius 3 is 1.24 bits per heavy atom. The first-order valence-electron chi connectivity index (χ1n) is 20.0. The normalized spacial score (nSPS) is 11.2. The molecule has 0 N–H and O–H groups in total. The van der Waals surface area contributed by atoms with E-state index in [1.165, 1.54) is 50.9 Å². The molecule has 14 heteroatoms. The zero-order valence-electron chi connectivity index (χ0n) is 35.8. The molecule has 3 heterocycles. The fourth-order valence-corrected chi connectivity index (χ4v) is 4.89. The Labute approximate surface area is 362 Å². The van der Waals surface area contributed by atoms with Crippen molar-refractivity contribution in [3.63, 3.8) is 0 Å². The van der Waals surface area contributed by atoms with Crippen LogP contribution < -0.4 is 14.2 Å². The van der Waals surface area contributed by atoms with Crippen LogP contribution in [0.1, 0.15) is 78.5 Å². The molecule has 0 bridgehead atoms. The lowest BCUT2D eigenvalue weighted by Gasteiger charge is -2.21. The van der Waals surface area contributed by atoms with E-state index in [1.807, 2.05) is 100 Å². The fourth-order valence-electron chi connectivity index (χ4n) is 4.89. The number of imidazole rings is 3. The van der Waals surface area contributed by atoms with Gasteiger partial charge in [-0.15, -0.1) is 0 Å². The maximum Gasteiger partial charge on any atom is 0.255 e. The van der Waals surface area contributed by atoms with Crippen molar-refractivity contribution in [1.82, 2.24) is 28.7 Å². The van der Waals surface area contributed by atoms with E-state index in [-0.39, 0.29) is 36.9 Å². The summed E-state index contributed by atoms with van der Waals surface area (Å²) in [4.78, 5) is 46.7. The molecule has 14 nitrogen and oxygen atoms in total. The van der Waals surface area contributed by atoms with Crippen molar-refractivity contribution in [2.24, 2.45) is 0 Å². The van der Waals surface area contributed by atoms with Crippen molar-refractivity contribution in [3.8, 4) is 17.2 Å². The van der Waals surface area contributed by atoms with Crippen LogP contribution in [0.4, 0.5) is 0 Å². The summed E-state index contributed by atoms with van der Waals surface area (Å²) in [5.41, 5.74) is 2.57. The quantitative estimate of drug-likeness (QED) is 0.0491. The predicted octanol–water partition coefficient (Wildman–Crippen LogP) is 9.41. The van der Waals surface area contributed by atoms with E-state index in [2.05, 4.69) is 21.9 Å². The number of ether oxygens (including phenoxy) is 5. The molecule has 0 fully saturated rings. The Morgan fingerprint density at radius 2 is 0.919 bits per heavy atom. The third-order valence-electron chi connectivity index (χ3n) is 8.06. The van der Waals surface area contributed by atoms with Gasteiger partial charge in [0.2, 0.25) is 0 Å². The number of unbranched alkanes of at least 4 members (excludes halogenated alkanes) is 1. The molecule has 0 saturated heterocycles. The van der Waals surface area contributed by atoms with Crippen LogP contribution >= 0.6 is 0 Å². The van der Waals surface area contributed by atoms with E-state index in [4.69, 9.17) is 23.7 Å². The minimum Gasteiger partial charge on any atom is -0.488 e. The Morgan fingerprint density at radius 1 is 0.548 bits per heavy atom. The molecule has 3 aromatic carbocycles. The third-order valence-corrected chi connectivity index (χ3v) is 8.06. The summed E-state index contributed by atoms with van der Waals surface area (Å²) in [6, 6.07) is 22.5. The van der Waals surface area contributed by atoms with Gasteiger partial charge in [-0.05, 0) is 105 Å². The van der Waals surface area contributed by atoms with Gasteiger partial charge in [0.15, 0.2) is 13.6 Å². The number of hydrogen-bond acceptors (Lipinski definition) is 11. The summed E-state index contributed by atoms with van der Waals surface area (Å²) in [5, 5.41) is 0. The molecular weight excluding hydrogens is 789 g/mol. The summed E-state index contributed by atoms with van der Waals surface area (Å²) >= 11 is 0. The van der Waals surface area contributed by atoms with Gasteiger partial charge in [-0.3, -0.25) is 28.1 Å². The van der Waals surface area contributed by atoms with Crippen molar-refractivity contribution in [2.75, 3.05) is 26.8 Å². The van der Waals surface area contributed by atoms with Crippen molar-refractivity contribution in [2.45, 2.75) is 53.1 Å². The van der Waals surface area contributed by atoms with Gasteiger partial charge in [-0.25, -0.2) is 15.0 Å². The summed E-state index contributed by atoms with van der Waals surface area (Å²) < 4.78 is 31.3. The molecule has 0 aliphatic carbocycles. The van der Waals surface area contributed by atoms with E-state index in [1.54, 1.807) is 55.4 Å². The highest BCUT2D eigenvalue weighted by atomic mass is 16.7. The number of aromatic nitrogens is 6. The van der Waals surface area contributed by atoms with Crippen LogP contribution in [0.15, 0.2) is 147 Å². The van der Waals surface area contributed by atoms with Gasteiger partial charge in [0.05, 0.1) is 6.61 Å². The van der Waals surface area contributed by atoms with Gasteiger partial charge in [0.1, 0.15) is 41.8 Å². The number of nitrogens with zero attached hydrogens (tertiary/aromatic N) is 6. The number of benzene rings is 3. The smallest absolute Gasteiger partial charge is 0.255 e. The topological polar surface area (TPSA) is 151 Å². The third kappa shape index (κ3) is 18.4. The van der Waals surface area contributed by atoms with Crippen LogP contribution in [0.5, 0.6) is 17.2 Å². The molecule has 0 atom stereocenters. The molecular formula is C48H54N6O8. The second kappa shape index (κ2) is 26.1. The lowest BCUT2D eigenvalue weighted by atomic mass is 10.1. The minimum atomic E-state index is -0.214. The van der Waals surface area contributed by atoms with E-state index in [0.717, 1.165) is 46.8 Å². The Hall–Kier alpha value is -7.16. The molecule has 0 aliphatic rings. The summed E-state index contributed by atoms with van der Waals surface area (Å²) in [5.74, 6) is 1.89. The van der Waals surface area contributed by atoms with Crippen molar-refractivity contribution in [3.05, 3.63) is 164 Å². The van der Waals surface area contributed by atoms with E-state index < -0.39 is 0 Å². The van der Waals surface area contributed by atoms with Crippen LogP contribution in [0, 0.1) is 0 Å². The van der Waals surface area contributed by atoms with Crippen LogP contribution in [0.2, 0.25) is 0 Å². The first-order valence-corrected chi connectivity index (χ1v) is 20.0. The molecule has 0 aliphatic heterocycles. The molecule has 3 aromatic heterocycles. The second-order valence-corrected chi connectivity index (χ2v) is 14.1. The van der Waals surface area contributed by atoms with Crippen LogP contribution in [0.3, 0.4) is 0 Å². The molecule has 62 heavy (non-hydrogen) atoms. The maximum atomic E-state index is 11.8.